The highest BCUT2D eigenvalue weighted by atomic mass is 16.5. The molecule has 0 aliphatic carbocycles. The van der Waals surface area contributed by atoms with E-state index in [9.17, 15) is 4.79 Å². The predicted molar refractivity (Wildman–Crippen MR) is 66.9 cm³/mol. The number of piperidine rings is 1. The van der Waals surface area contributed by atoms with Crippen molar-refractivity contribution in [2.24, 2.45) is 0 Å². The van der Waals surface area contributed by atoms with Crippen LogP contribution in [0.5, 0.6) is 0 Å². The van der Waals surface area contributed by atoms with Crippen LogP contribution < -0.4 is 10.6 Å². The van der Waals surface area contributed by atoms with E-state index in [4.69, 9.17) is 4.74 Å². The Morgan fingerprint density at radius 3 is 2.94 bits per heavy atom. The second-order valence-corrected chi connectivity index (χ2v) is 5.17. The Hall–Kier alpha value is -0.610. The van der Waals surface area contributed by atoms with Gasteiger partial charge in [0.1, 0.15) is 0 Å². The third kappa shape index (κ3) is 4.64. The first-order valence-electron chi connectivity index (χ1n) is 6.95. The van der Waals surface area contributed by atoms with Gasteiger partial charge in [0.15, 0.2) is 0 Å². The molecule has 2 saturated heterocycles. The van der Waals surface area contributed by atoms with Crippen LogP contribution in [0.4, 0.5) is 0 Å². The molecule has 98 valence electrons. The van der Waals surface area contributed by atoms with Gasteiger partial charge < -0.3 is 15.4 Å². The first-order valence-corrected chi connectivity index (χ1v) is 6.95. The van der Waals surface area contributed by atoms with Crippen LogP contribution in [-0.4, -0.2) is 37.7 Å². The van der Waals surface area contributed by atoms with Crippen molar-refractivity contribution >= 4 is 5.91 Å². The summed E-state index contributed by atoms with van der Waals surface area (Å²) in [5.74, 6) is 0.188. The van der Waals surface area contributed by atoms with E-state index in [0.717, 1.165) is 32.4 Å². The molecule has 2 N–H and O–H groups in total. The van der Waals surface area contributed by atoms with E-state index in [1.807, 2.05) is 0 Å². The molecule has 0 aromatic rings. The second kappa shape index (κ2) is 6.97. The monoisotopic (exact) mass is 240 g/mol. The van der Waals surface area contributed by atoms with Gasteiger partial charge in [0.05, 0.1) is 12.6 Å². The summed E-state index contributed by atoms with van der Waals surface area (Å²) >= 11 is 0. The standard InChI is InChI=1S/C13H24N2O2/c16-13(15-12-5-3-9-17-10-12)7-6-11-4-1-2-8-14-11/h11-12,14H,1-10H2,(H,15,16). The summed E-state index contributed by atoms with van der Waals surface area (Å²) in [5, 5.41) is 6.54. The molecule has 4 nitrogen and oxygen atoms in total. The summed E-state index contributed by atoms with van der Waals surface area (Å²) in [5.41, 5.74) is 0. The lowest BCUT2D eigenvalue weighted by Gasteiger charge is -2.25. The summed E-state index contributed by atoms with van der Waals surface area (Å²) in [6.45, 7) is 2.65. The zero-order valence-electron chi connectivity index (χ0n) is 10.5. The number of carbonyl (C=O) groups excluding carboxylic acids is 1. The summed E-state index contributed by atoms with van der Waals surface area (Å²) in [4.78, 5) is 11.8. The number of nitrogens with one attached hydrogen (secondary N) is 2. The van der Waals surface area contributed by atoms with Crippen molar-refractivity contribution in [2.75, 3.05) is 19.8 Å². The van der Waals surface area contributed by atoms with Crippen molar-refractivity contribution in [1.29, 1.82) is 0 Å². The second-order valence-electron chi connectivity index (χ2n) is 5.17. The lowest BCUT2D eigenvalue weighted by molar-refractivity contribution is -0.123. The summed E-state index contributed by atoms with van der Waals surface area (Å²) in [6.07, 6.45) is 7.55. The molecule has 0 saturated carbocycles. The number of ether oxygens (including phenoxy) is 1. The molecule has 0 aromatic heterocycles. The fourth-order valence-electron chi connectivity index (χ4n) is 2.63. The van der Waals surface area contributed by atoms with Gasteiger partial charge in [-0.2, -0.15) is 0 Å². The first-order chi connectivity index (χ1) is 8.34. The van der Waals surface area contributed by atoms with Crippen molar-refractivity contribution in [3.05, 3.63) is 0 Å². The lowest BCUT2D eigenvalue weighted by Crippen LogP contribution is -2.41. The SMILES string of the molecule is O=C(CCC1CCCCN1)NC1CCCOC1. The molecule has 2 atom stereocenters. The molecule has 0 bridgehead atoms. The molecule has 2 rings (SSSR count). The van der Waals surface area contributed by atoms with Crippen molar-refractivity contribution < 1.29 is 9.53 Å². The van der Waals surface area contributed by atoms with Gasteiger partial charge in [0.25, 0.3) is 0 Å². The number of hydrogen-bond donors (Lipinski definition) is 2. The predicted octanol–water partition coefficient (Wildman–Crippen LogP) is 1.20. The molecule has 17 heavy (non-hydrogen) atoms. The third-order valence-electron chi connectivity index (χ3n) is 3.66. The molecule has 4 heteroatoms. The van der Waals surface area contributed by atoms with Gasteiger partial charge in [-0.25, -0.2) is 0 Å². The maximum atomic E-state index is 11.8. The fraction of sp³-hybridized carbons (Fsp3) is 0.923. The van der Waals surface area contributed by atoms with Gasteiger partial charge in [-0.1, -0.05) is 6.42 Å². The van der Waals surface area contributed by atoms with E-state index < -0.39 is 0 Å². The number of carbonyl (C=O) groups is 1. The van der Waals surface area contributed by atoms with E-state index in [1.165, 1.54) is 19.3 Å². The van der Waals surface area contributed by atoms with Crippen molar-refractivity contribution in [3.8, 4) is 0 Å². The number of amides is 1. The Labute approximate surface area is 103 Å². The van der Waals surface area contributed by atoms with Crippen molar-refractivity contribution in [1.82, 2.24) is 10.6 Å². The van der Waals surface area contributed by atoms with E-state index in [0.29, 0.717) is 19.1 Å². The fourth-order valence-corrected chi connectivity index (χ4v) is 2.63. The number of rotatable bonds is 4. The topological polar surface area (TPSA) is 50.4 Å². The van der Waals surface area contributed by atoms with Crippen LogP contribution in [-0.2, 0) is 9.53 Å². The first kappa shape index (κ1) is 12.8. The zero-order valence-corrected chi connectivity index (χ0v) is 10.5. The maximum absolute atomic E-state index is 11.8. The van der Waals surface area contributed by atoms with Crippen LogP contribution in [0, 0.1) is 0 Å². The number of hydrogen-bond acceptors (Lipinski definition) is 3. The van der Waals surface area contributed by atoms with Gasteiger partial charge in [0.2, 0.25) is 5.91 Å². The van der Waals surface area contributed by atoms with Gasteiger partial charge >= 0.3 is 0 Å². The highest BCUT2D eigenvalue weighted by Gasteiger charge is 2.18. The minimum atomic E-state index is 0.188. The van der Waals surface area contributed by atoms with Crippen molar-refractivity contribution in [3.63, 3.8) is 0 Å². The average Bonchev–Trinajstić information content (AvgIpc) is 2.39. The molecule has 2 aliphatic heterocycles. The van der Waals surface area contributed by atoms with Gasteiger partial charge in [-0.05, 0) is 38.6 Å². The van der Waals surface area contributed by atoms with E-state index in [2.05, 4.69) is 10.6 Å². The largest absolute Gasteiger partial charge is 0.379 e. The zero-order chi connectivity index (χ0) is 11.9. The Morgan fingerprint density at radius 1 is 1.29 bits per heavy atom. The van der Waals surface area contributed by atoms with Crippen LogP contribution in [0.2, 0.25) is 0 Å². The van der Waals surface area contributed by atoms with Crippen LogP contribution in [0.15, 0.2) is 0 Å². The normalized spacial score (nSPS) is 29.9. The molecule has 2 heterocycles. The van der Waals surface area contributed by atoms with Gasteiger partial charge in [-0.15, -0.1) is 0 Å². The minimum Gasteiger partial charge on any atom is -0.379 e. The van der Waals surface area contributed by atoms with Crippen LogP contribution in [0.1, 0.15) is 44.9 Å². The van der Waals surface area contributed by atoms with Crippen LogP contribution in [0.3, 0.4) is 0 Å². The minimum absolute atomic E-state index is 0.188. The van der Waals surface area contributed by atoms with Crippen LogP contribution in [0.25, 0.3) is 0 Å². The molecular formula is C13H24N2O2. The van der Waals surface area contributed by atoms with E-state index in [1.54, 1.807) is 0 Å². The Kier molecular flexibility index (Phi) is 5.26. The van der Waals surface area contributed by atoms with Crippen molar-refractivity contribution in [2.45, 2.75) is 57.0 Å². The Balaban J connectivity index is 1.59. The third-order valence-corrected chi connectivity index (χ3v) is 3.66. The molecule has 0 spiro atoms. The molecule has 0 radical (unpaired) electrons. The molecule has 2 aliphatic rings. The maximum Gasteiger partial charge on any atom is 0.220 e. The summed E-state index contributed by atoms with van der Waals surface area (Å²) in [6, 6.07) is 0.799. The summed E-state index contributed by atoms with van der Waals surface area (Å²) in [7, 11) is 0. The molecule has 1 amide bonds. The molecular weight excluding hydrogens is 216 g/mol. The highest BCUT2D eigenvalue weighted by Crippen LogP contribution is 2.12. The Bertz CT molecular complexity index is 234. The summed E-state index contributed by atoms with van der Waals surface area (Å²) < 4.78 is 5.35. The quantitative estimate of drug-likeness (QED) is 0.776. The molecule has 0 aromatic carbocycles. The van der Waals surface area contributed by atoms with Gasteiger partial charge in [-0.3, -0.25) is 4.79 Å². The smallest absolute Gasteiger partial charge is 0.220 e. The average molecular weight is 240 g/mol. The molecule has 2 fully saturated rings. The van der Waals surface area contributed by atoms with E-state index in [-0.39, 0.29) is 11.9 Å². The highest BCUT2D eigenvalue weighted by molar-refractivity contribution is 5.76. The Morgan fingerprint density at radius 2 is 2.24 bits per heavy atom. The van der Waals surface area contributed by atoms with Crippen LogP contribution >= 0.6 is 0 Å². The lowest BCUT2D eigenvalue weighted by atomic mass is 10.0. The van der Waals surface area contributed by atoms with E-state index >= 15 is 0 Å². The van der Waals surface area contributed by atoms with Gasteiger partial charge in [0, 0.05) is 19.1 Å². The molecule has 2 unspecified atom stereocenters.